The summed E-state index contributed by atoms with van der Waals surface area (Å²) in [5.41, 5.74) is 7.78. The first-order chi connectivity index (χ1) is 10.1. The number of nitrogens with one attached hydrogen (secondary N) is 1. The van der Waals surface area contributed by atoms with Gasteiger partial charge >= 0.3 is 0 Å². The monoisotopic (exact) mass is 282 g/mol. The van der Waals surface area contributed by atoms with E-state index in [1.54, 1.807) is 6.92 Å². The van der Waals surface area contributed by atoms with Gasteiger partial charge in [-0.25, -0.2) is 0 Å². The first-order valence-corrected chi connectivity index (χ1v) is 6.99. The largest absolute Gasteiger partial charge is 0.493 e. The molecule has 0 aliphatic carbocycles. The number of rotatable bonds is 3. The highest BCUT2D eigenvalue weighted by atomic mass is 16.5. The van der Waals surface area contributed by atoms with E-state index in [-0.39, 0.29) is 5.91 Å². The van der Waals surface area contributed by atoms with Crippen molar-refractivity contribution in [2.45, 2.75) is 18.9 Å². The molecule has 1 aliphatic heterocycles. The van der Waals surface area contributed by atoms with Gasteiger partial charge in [0.1, 0.15) is 11.3 Å². The SMILES string of the molecule is CC(N)(C(=O)Nc1ccc2c(c1)CCO2)c1ccccc1. The molecule has 3 N–H and O–H groups in total. The number of hydrogen-bond acceptors (Lipinski definition) is 3. The molecule has 2 aromatic carbocycles. The maximum absolute atomic E-state index is 12.5. The molecule has 1 heterocycles. The number of fused-ring (bicyclic) bond motifs is 1. The smallest absolute Gasteiger partial charge is 0.248 e. The van der Waals surface area contributed by atoms with Crippen LogP contribution in [-0.4, -0.2) is 12.5 Å². The number of anilines is 1. The zero-order valence-electron chi connectivity index (χ0n) is 11.9. The fourth-order valence-electron chi connectivity index (χ4n) is 2.44. The molecule has 1 amide bonds. The van der Waals surface area contributed by atoms with Gasteiger partial charge in [-0.15, -0.1) is 0 Å². The Balaban J connectivity index is 1.80. The highest BCUT2D eigenvalue weighted by Crippen LogP contribution is 2.28. The predicted octanol–water partition coefficient (Wildman–Crippen LogP) is 2.43. The molecule has 0 bridgehead atoms. The van der Waals surface area contributed by atoms with Crippen LogP contribution in [0.5, 0.6) is 5.75 Å². The van der Waals surface area contributed by atoms with Crippen LogP contribution in [0.15, 0.2) is 48.5 Å². The lowest BCUT2D eigenvalue weighted by atomic mass is 9.92. The molecule has 0 saturated carbocycles. The number of benzene rings is 2. The van der Waals surface area contributed by atoms with Crippen molar-refractivity contribution in [1.82, 2.24) is 0 Å². The molecule has 0 fully saturated rings. The number of nitrogens with two attached hydrogens (primary N) is 1. The highest BCUT2D eigenvalue weighted by molar-refractivity contribution is 5.98. The third kappa shape index (κ3) is 2.62. The van der Waals surface area contributed by atoms with E-state index in [9.17, 15) is 4.79 Å². The Kier molecular flexibility index (Phi) is 3.39. The van der Waals surface area contributed by atoms with Crippen molar-refractivity contribution in [1.29, 1.82) is 0 Å². The first-order valence-electron chi connectivity index (χ1n) is 6.99. The number of amides is 1. The number of ether oxygens (including phenoxy) is 1. The van der Waals surface area contributed by atoms with Crippen LogP contribution in [-0.2, 0) is 16.8 Å². The zero-order chi connectivity index (χ0) is 14.9. The molecule has 3 rings (SSSR count). The van der Waals surface area contributed by atoms with E-state index in [0.29, 0.717) is 6.61 Å². The molecule has 1 unspecified atom stereocenters. The Morgan fingerprint density at radius 2 is 2.00 bits per heavy atom. The molecule has 2 aromatic rings. The average molecular weight is 282 g/mol. The van der Waals surface area contributed by atoms with E-state index in [0.717, 1.165) is 29.0 Å². The summed E-state index contributed by atoms with van der Waals surface area (Å²) >= 11 is 0. The summed E-state index contributed by atoms with van der Waals surface area (Å²) in [6, 6.07) is 15.0. The van der Waals surface area contributed by atoms with Crippen LogP contribution in [0, 0.1) is 0 Å². The van der Waals surface area contributed by atoms with Gasteiger partial charge in [0.05, 0.1) is 6.61 Å². The Morgan fingerprint density at radius 1 is 1.24 bits per heavy atom. The molecule has 108 valence electrons. The average Bonchev–Trinajstić information content (AvgIpc) is 2.95. The molecular formula is C17H18N2O2. The van der Waals surface area contributed by atoms with Gasteiger partial charge in [-0.3, -0.25) is 4.79 Å². The standard InChI is InChI=1S/C17H18N2O2/c1-17(18,13-5-3-2-4-6-13)16(20)19-14-7-8-15-12(11-14)9-10-21-15/h2-8,11H,9-10,18H2,1H3,(H,19,20). The third-order valence-corrected chi connectivity index (χ3v) is 3.79. The summed E-state index contributed by atoms with van der Waals surface area (Å²) in [5.74, 6) is 0.666. The van der Waals surface area contributed by atoms with Crippen molar-refractivity contribution in [2.24, 2.45) is 5.73 Å². The van der Waals surface area contributed by atoms with E-state index in [4.69, 9.17) is 10.5 Å². The quantitative estimate of drug-likeness (QED) is 0.908. The van der Waals surface area contributed by atoms with Crippen molar-refractivity contribution < 1.29 is 9.53 Å². The van der Waals surface area contributed by atoms with Gasteiger partial charge in [-0.2, -0.15) is 0 Å². The predicted molar refractivity (Wildman–Crippen MR) is 82.3 cm³/mol. The molecule has 0 spiro atoms. The van der Waals surface area contributed by atoms with Crippen LogP contribution in [0.25, 0.3) is 0 Å². The lowest BCUT2D eigenvalue weighted by Crippen LogP contribution is -2.45. The number of carbonyl (C=O) groups is 1. The van der Waals surface area contributed by atoms with E-state index in [1.165, 1.54) is 0 Å². The Bertz CT molecular complexity index is 666. The second-order valence-corrected chi connectivity index (χ2v) is 5.44. The van der Waals surface area contributed by atoms with Gasteiger partial charge in [0.15, 0.2) is 0 Å². The minimum atomic E-state index is -1.07. The maximum atomic E-state index is 12.5. The molecular weight excluding hydrogens is 264 g/mol. The maximum Gasteiger partial charge on any atom is 0.248 e. The van der Waals surface area contributed by atoms with Gasteiger partial charge in [-0.05, 0) is 36.2 Å². The molecule has 0 radical (unpaired) electrons. The molecule has 0 saturated heterocycles. The molecule has 4 heteroatoms. The second-order valence-electron chi connectivity index (χ2n) is 5.44. The van der Waals surface area contributed by atoms with Crippen molar-refractivity contribution in [3.05, 3.63) is 59.7 Å². The zero-order valence-corrected chi connectivity index (χ0v) is 11.9. The second kappa shape index (κ2) is 5.22. The summed E-state index contributed by atoms with van der Waals surface area (Å²) in [7, 11) is 0. The summed E-state index contributed by atoms with van der Waals surface area (Å²) in [4.78, 5) is 12.5. The van der Waals surface area contributed by atoms with Crippen LogP contribution in [0.4, 0.5) is 5.69 Å². The Labute approximate surface area is 123 Å². The number of carbonyl (C=O) groups excluding carboxylic acids is 1. The van der Waals surface area contributed by atoms with Gasteiger partial charge in [0, 0.05) is 12.1 Å². The summed E-state index contributed by atoms with van der Waals surface area (Å²) in [6.07, 6.45) is 0.873. The fraction of sp³-hybridized carbons (Fsp3) is 0.235. The molecule has 1 atom stereocenters. The van der Waals surface area contributed by atoms with Gasteiger partial charge in [0.25, 0.3) is 0 Å². The first kappa shape index (κ1) is 13.6. The highest BCUT2D eigenvalue weighted by Gasteiger charge is 2.30. The molecule has 0 aromatic heterocycles. The van der Waals surface area contributed by atoms with E-state index < -0.39 is 5.54 Å². The Morgan fingerprint density at radius 3 is 2.76 bits per heavy atom. The minimum Gasteiger partial charge on any atom is -0.493 e. The van der Waals surface area contributed by atoms with Crippen molar-refractivity contribution in [3.63, 3.8) is 0 Å². The van der Waals surface area contributed by atoms with Gasteiger partial charge in [-0.1, -0.05) is 30.3 Å². The van der Waals surface area contributed by atoms with Crippen LogP contribution < -0.4 is 15.8 Å². The number of hydrogen-bond donors (Lipinski definition) is 2. The van der Waals surface area contributed by atoms with Crippen LogP contribution in [0.2, 0.25) is 0 Å². The fourth-order valence-corrected chi connectivity index (χ4v) is 2.44. The van der Waals surface area contributed by atoms with Crippen molar-refractivity contribution in [3.8, 4) is 5.75 Å². The third-order valence-electron chi connectivity index (χ3n) is 3.79. The van der Waals surface area contributed by atoms with E-state index >= 15 is 0 Å². The van der Waals surface area contributed by atoms with Gasteiger partial charge in [0.2, 0.25) is 5.91 Å². The van der Waals surface area contributed by atoms with Crippen LogP contribution in [0.1, 0.15) is 18.1 Å². The normalized spacial score (nSPS) is 15.7. The molecule has 4 nitrogen and oxygen atoms in total. The minimum absolute atomic E-state index is 0.229. The van der Waals surface area contributed by atoms with E-state index in [2.05, 4.69) is 5.32 Å². The summed E-state index contributed by atoms with van der Waals surface area (Å²) in [6.45, 7) is 2.42. The Hall–Kier alpha value is -2.33. The lowest BCUT2D eigenvalue weighted by molar-refractivity contribution is -0.120. The summed E-state index contributed by atoms with van der Waals surface area (Å²) < 4.78 is 5.46. The topological polar surface area (TPSA) is 64.4 Å². The van der Waals surface area contributed by atoms with Crippen LogP contribution in [0.3, 0.4) is 0 Å². The van der Waals surface area contributed by atoms with Crippen LogP contribution >= 0.6 is 0 Å². The van der Waals surface area contributed by atoms with Crippen molar-refractivity contribution in [2.75, 3.05) is 11.9 Å². The lowest BCUT2D eigenvalue weighted by Gasteiger charge is -2.24. The van der Waals surface area contributed by atoms with E-state index in [1.807, 2.05) is 48.5 Å². The van der Waals surface area contributed by atoms with Crippen molar-refractivity contribution >= 4 is 11.6 Å². The molecule has 21 heavy (non-hydrogen) atoms. The van der Waals surface area contributed by atoms with Gasteiger partial charge < -0.3 is 15.8 Å². The summed E-state index contributed by atoms with van der Waals surface area (Å²) in [5, 5.41) is 2.89. The molecule has 1 aliphatic rings.